The average molecular weight is 418 g/mol. The molecule has 0 fully saturated rings. The third-order valence-electron chi connectivity index (χ3n) is 2.70. The van der Waals surface area contributed by atoms with Gasteiger partial charge in [0.1, 0.15) is 0 Å². The van der Waals surface area contributed by atoms with Crippen LogP contribution in [0.3, 0.4) is 0 Å². The molecule has 0 atom stereocenters. The average Bonchev–Trinajstić information content (AvgIpc) is 2.48. The Morgan fingerprint density at radius 3 is 2.45 bits per heavy atom. The van der Waals surface area contributed by atoms with E-state index in [9.17, 15) is 18.0 Å². The van der Waals surface area contributed by atoms with E-state index < -0.39 is 17.6 Å². The molecule has 1 N–H and O–H groups in total. The lowest BCUT2D eigenvalue weighted by Crippen LogP contribution is -2.18. The lowest BCUT2D eigenvalue weighted by Gasteiger charge is -2.07. The summed E-state index contributed by atoms with van der Waals surface area (Å²) >= 11 is 2.16. The number of nitrogens with zero attached hydrogens (tertiary/aromatic N) is 1. The van der Waals surface area contributed by atoms with Gasteiger partial charge in [-0.2, -0.15) is 18.3 Å². The Labute approximate surface area is 138 Å². The Hall–Kier alpha value is -1.90. The number of hydrogen-bond acceptors (Lipinski definition) is 2. The Balaban J connectivity index is 2.05. The van der Waals surface area contributed by atoms with Crippen molar-refractivity contribution in [1.29, 1.82) is 0 Å². The van der Waals surface area contributed by atoms with Crippen molar-refractivity contribution in [3.05, 3.63) is 68.8 Å². The Kier molecular flexibility index (Phi) is 5.17. The van der Waals surface area contributed by atoms with Gasteiger partial charge in [0.15, 0.2) is 0 Å². The van der Waals surface area contributed by atoms with E-state index in [4.69, 9.17) is 0 Å². The summed E-state index contributed by atoms with van der Waals surface area (Å²) < 4.78 is 38.8. The molecule has 0 saturated heterocycles. The normalized spacial score (nSPS) is 11.6. The molecule has 0 unspecified atom stereocenters. The van der Waals surface area contributed by atoms with E-state index in [1.165, 1.54) is 18.3 Å². The Morgan fingerprint density at radius 1 is 1.14 bits per heavy atom. The van der Waals surface area contributed by atoms with Crippen molar-refractivity contribution >= 4 is 34.7 Å². The number of hydrogen-bond donors (Lipinski definition) is 1. The summed E-state index contributed by atoms with van der Waals surface area (Å²) in [5.41, 5.74) is 1.99. The molecule has 2 aromatic rings. The first kappa shape index (κ1) is 16.5. The molecule has 0 aliphatic rings. The fourth-order valence-electron chi connectivity index (χ4n) is 1.62. The molecule has 1 amide bonds. The Bertz CT molecular complexity index is 697. The minimum atomic E-state index is -4.49. The van der Waals surface area contributed by atoms with E-state index in [1.54, 1.807) is 0 Å². The summed E-state index contributed by atoms with van der Waals surface area (Å²) in [6.07, 6.45) is -3.07. The Morgan fingerprint density at radius 2 is 1.82 bits per heavy atom. The van der Waals surface area contributed by atoms with E-state index in [0.717, 1.165) is 21.3 Å². The number of alkyl halides is 3. The first-order chi connectivity index (χ1) is 10.4. The lowest BCUT2D eigenvalue weighted by atomic mass is 10.1. The van der Waals surface area contributed by atoms with Gasteiger partial charge in [0.2, 0.25) is 0 Å². The second kappa shape index (κ2) is 6.91. The molecule has 2 rings (SSSR count). The second-order valence-electron chi connectivity index (χ2n) is 4.33. The summed E-state index contributed by atoms with van der Waals surface area (Å²) in [7, 11) is 0. The molecular weight excluding hydrogens is 408 g/mol. The highest BCUT2D eigenvalue weighted by Crippen LogP contribution is 2.29. The molecule has 0 bridgehead atoms. The maximum absolute atomic E-state index is 12.6. The van der Waals surface area contributed by atoms with Crippen molar-refractivity contribution in [3.8, 4) is 0 Å². The van der Waals surface area contributed by atoms with Gasteiger partial charge in [-0.05, 0) is 58.5 Å². The smallest absolute Gasteiger partial charge is 0.267 e. The summed E-state index contributed by atoms with van der Waals surface area (Å²) in [4.78, 5) is 11.8. The van der Waals surface area contributed by atoms with Gasteiger partial charge in [0, 0.05) is 9.13 Å². The van der Waals surface area contributed by atoms with Crippen LogP contribution in [0.4, 0.5) is 13.2 Å². The predicted octanol–water partition coefficient (Wildman–Crippen LogP) is 4.07. The number of nitrogens with one attached hydrogen (secondary N) is 1. The molecule has 114 valence electrons. The molecule has 7 heteroatoms. The van der Waals surface area contributed by atoms with E-state index in [0.29, 0.717) is 0 Å². The van der Waals surface area contributed by atoms with E-state index in [1.807, 2.05) is 24.3 Å². The van der Waals surface area contributed by atoms with Crippen molar-refractivity contribution in [2.24, 2.45) is 5.10 Å². The zero-order valence-corrected chi connectivity index (χ0v) is 13.2. The van der Waals surface area contributed by atoms with Crippen LogP contribution in [0.25, 0.3) is 0 Å². The van der Waals surface area contributed by atoms with E-state index in [2.05, 4.69) is 33.1 Å². The molecule has 0 heterocycles. The molecule has 22 heavy (non-hydrogen) atoms. The maximum Gasteiger partial charge on any atom is 0.416 e. The molecule has 0 aliphatic carbocycles. The molecule has 0 saturated carbocycles. The highest BCUT2D eigenvalue weighted by Gasteiger charge is 2.30. The second-order valence-corrected chi connectivity index (χ2v) is 5.57. The summed E-state index contributed by atoms with van der Waals surface area (Å²) in [6.45, 7) is 0. The number of rotatable bonds is 3. The lowest BCUT2D eigenvalue weighted by molar-refractivity contribution is -0.137. The van der Waals surface area contributed by atoms with Crippen molar-refractivity contribution < 1.29 is 18.0 Å². The van der Waals surface area contributed by atoms with Crippen molar-refractivity contribution in [2.45, 2.75) is 6.18 Å². The van der Waals surface area contributed by atoms with Crippen LogP contribution in [0.5, 0.6) is 0 Å². The molecule has 0 radical (unpaired) electrons. The number of benzene rings is 2. The zero-order chi connectivity index (χ0) is 16.2. The molecule has 3 nitrogen and oxygen atoms in total. The molecule has 0 aliphatic heterocycles. The predicted molar refractivity (Wildman–Crippen MR) is 85.7 cm³/mol. The monoisotopic (exact) mass is 418 g/mol. The van der Waals surface area contributed by atoms with Crippen molar-refractivity contribution in [1.82, 2.24) is 5.43 Å². The molecule has 2 aromatic carbocycles. The number of carbonyl (C=O) groups is 1. The quantitative estimate of drug-likeness (QED) is 0.456. The van der Waals surface area contributed by atoms with E-state index in [-0.39, 0.29) is 5.56 Å². The number of halogens is 4. The standard InChI is InChI=1S/C15H10F3IN2O/c16-15(17,18)12-3-1-2-11(8-12)14(22)21-20-9-10-4-6-13(19)7-5-10/h1-9H,(H,21,22)/b20-9-. The number of amides is 1. The van der Waals surface area contributed by atoms with Crippen molar-refractivity contribution in [3.63, 3.8) is 0 Å². The van der Waals surface area contributed by atoms with Gasteiger partial charge in [-0.25, -0.2) is 5.43 Å². The van der Waals surface area contributed by atoms with Gasteiger partial charge in [-0.3, -0.25) is 4.79 Å². The highest BCUT2D eigenvalue weighted by molar-refractivity contribution is 14.1. The molecular formula is C15H10F3IN2O. The van der Waals surface area contributed by atoms with Crippen LogP contribution < -0.4 is 5.43 Å². The van der Waals surface area contributed by atoms with Gasteiger partial charge < -0.3 is 0 Å². The fraction of sp³-hybridized carbons (Fsp3) is 0.0667. The summed E-state index contributed by atoms with van der Waals surface area (Å²) in [5, 5.41) is 3.73. The van der Waals surface area contributed by atoms with Gasteiger partial charge in [-0.15, -0.1) is 0 Å². The first-order valence-corrected chi connectivity index (χ1v) is 7.20. The van der Waals surface area contributed by atoms with E-state index >= 15 is 0 Å². The van der Waals surface area contributed by atoms with Crippen LogP contribution in [0.2, 0.25) is 0 Å². The minimum Gasteiger partial charge on any atom is -0.267 e. The van der Waals surface area contributed by atoms with Crippen LogP contribution in [-0.4, -0.2) is 12.1 Å². The molecule has 0 aromatic heterocycles. The minimum absolute atomic E-state index is 0.102. The summed E-state index contributed by atoms with van der Waals surface area (Å²) in [5.74, 6) is -0.701. The van der Waals surface area contributed by atoms with Crippen molar-refractivity contribution in [2.75, 3.05) is 0 Å². The third-order valence-corrected chi connectivity index (χ3v) is 3.42. The van der Waals surface area contributed by atoms with Gasteiger partial charge in [0.05, 0.1) is 11.8 Å². The van der Waals surface area contributed by atoms with Crippen LogP contribution in [0, 0.1) is 3.57 Å². The maximum atomic E-state index is 12.6. The van der Waals surface area contributed by atoms with Gasteiger partial charge in [0.25, 0.3) is 5.91 Å². The summed E-state index contributed by atoms with van der Waals surface area (Å²) in [6, 6.07) is 11.5. The number of carbonyl (C=O) groups excluding carboxylic acids is 1. The van der Waals surface area contributed by atoms with Gasteiger partial charge in [-0.1, -0.05) is 18.2 Å². The largest absolute Gasteiger partial charge is 0.416 e. The fourth-order valence-corrected chi connectivity index (χ4v) is 1.98. The highest BCUT2D eigenvalue weighted by atomic mass is 127. The molecule has 0 spiro atoms. The zero-order valence-electron chi connectivity index (χ0n) is 11.1. The topological polar surface area (TPSA) is 41.5 Å². The third kappa shape index (κ3) is 4.55. The SMILES string of the molecule is O=C(N/N=C\c1ccc(I)cc1)c1cccc(C(F)(F)F)c1. The van der Waals surface area contributed by atoms with Crippen LogP contribution in [0.15, 0.2) is 53.6 Å². The van der Waals surface area contributed by atoms with Crippen LogP contribution in [0.1, 0.15) is 21.5 Å². The first-order valence-electron chi connectivity index (χ1n) is 6.12. The van der Waals surface area contributed by atoms with Crippen LogP contribution in [-0.2, 0) is 6.18 Å². The number of hydrazone groups is 1. The van der Waals surface area contributed by atoms with Gasteiger partial charge >= 0.3 is 6.18 Å². The van der Waals surface area contributed by atoms with Crippen LogP contribution >= 0.6 is 22.6 Å².